The van der Waals surface area contributed by atoms with Gasteiger partial charge in [0.15, 0.2) is 5.96 Å². The molecule has 0 bridgehead atoms. The number of aliphatic imine (C=N–C) groups is 1. The first kappa shape index (κ1) is 19.8. The van der Waals surface area contributed by atoms with Crippen molar-refractivity contribution in [1.82, 2.24) is 10.6 Å². The molecule has 1 aromatic heterocycles. The second kappa shape index (κ2) is 11.2. The van der Waals surface area contributed by atoms with Gasteiger partial charge in [-0.05, 0) is 49.7 Å². The van der Waals surface area contributed by atoms with Crippen LogP contribution in [0.3, 0.4) is 0 Å². The summed E-state index contributed by atoms with van der Waals surface area (Å²) in [6.45, 7) is 6.27. The fourth-order valence-corrected chi connectivity index (χ4v) is 3.53. The molecule has 0 amide bonds. The standard InChI is InChI=1S/C20H35N3O2/c1-16(2)14-17(10-12-24)15-22-20(23-18-6-3-4-7-18)21-11-9-19-8-5-13-25-19/h5,8,13,16-18,24H,3-4,6-7,9-12,14-15H2,1-2H3,(H2,21,22,23). The third-order valence-corrected chi connectivity index (χ3v) is 4.79. The van der Waals surface area contributed by atoms with Crippen LogP contribution in [0.2, 0.25) is 0 Å². The van der Waals surface area contributed by atoms with Crippen molar-refractivity contribution in [2.24, 2.45) is 16.8 Å². The van der Waals surface area contributed by atoms with E-state index in [1.807, 2.05) is 12.1 Å². The molecule has 5 nitrogen and oxygen atoms in total. The average Bonchev–Trinajstić information content (AvgIpc) is 3.25. The second-order valence-corrected chi connectivity index (χ2v) is 7.58. The molecule has 3 N–H and O–H groups in total. The third-order valence-electron chi connectivity index (χ3n) is 4.79. The molecule has 142 valence electrons. The third kappa shape index (κ3) is 7.95. The van der Waals surface area contributed by atoms with Crippen LogP contribution in [0.4, 0.5) is 0 Å². The van der Waals surface area contributed by atoms with Crippen molar-refractivity contribution >= 4 is 5.96 Å². The number of nitrogens with one attached hydrogen (secondary N) is 2. The smallest absolute Gasteiger partial charge is 0.191 e. The van der Waals surface area contributed by atoms with Gasteiger partial charge in [0.25, 0.3) is 0 Å². The van der Waals surface area contributed by atoms with E-state index in [9.17, 15) is 5.11 Å². The monoisotopic (exact) mass is 349 g/mol. The predicted octanol–water partition coefficient (Wildman–Crippen LogP) is 3.34. The zero-order chi connectivity index (χ0) is 17.9. The number of aliphatic hydroxyl groups excluding tert-OH is 1. The van der Waals surface area contributed by atoms with E-state index in [1.165, 1.54) is 25.7 Å². The summed E-state index contributed by atoms with van der Waals surface area (Å²) in [7, 11) is 0. The van der Waals surface area contributed by atoms with Gasteiger partial charge in [-0.15, -0.1) is 0 Å². The Kier molecular flexibility index (Phi) is 8.87. The van der Waals surface area contributed by atoms with Gasteiger partial charge in [-0.1, -0.05) is 26.7 Å². The SMILES string of the molecule is CC(C)CC(CCO)CN=C(NCCc1ccco1)NC1CCCC1. The molecular formula is C20H35N3O2. The van der Waals surface area contributed by atoms with Crippen LogP contribution in [0, 0.1) is 11.8 Å². The van der Waals surface area contributed by atoms with Gasteiger partial charge < -0.3 is 20.2 Å². The maximum Gasteiger partial charge on any atom is 0.191 e. The van der Waals surface area contributed by atoms with E-state index in [4.69, 9.17) is 9.41 Å². The molecule has 0 aliphatic heterocycles. The zero-order valence-corrected chi connectivity index (χ0v) is 15.8. The summed E-state index contributed by atoms with van der Waals surface area (Å²) in [6, 6.07) is 4.46. The lowest BCUT2D eigenvalue weighted by Gasteiger charge is -2.20. The van der Waals surface area contributed by atoms with Gasteiger partial charge in [0, 0.05) is 32.2 Å². The van der Waals surface area contributed by atoms with Gasteiger partial charge in [-0.3, -0.25) is 4.99 Å². The molecule has 1 fully saturated rings. The highest BCUT2D eigenvalue weighted by Crippen LogP contribution is 2.18. The van der Waals surface area contributed by atoms with Crippen LogP contribution in [0.1, 0.15) is 58.1 Å². The molecule has 1 aromatic rings. The van der Waals surface area contributed by atoms with E-state index >= 15 is 0 Å². The molecule has 1 atom stereocenters. The predicted molar refractivity (Wildman–Crippen MR) is 103 cm³/mol. The Balaban J connectivity index is 1.88. The lowest BCUT2D eigenvalue weighted by Crippen LogP contribution is -2.43. The van der Waals surface area contributed by atoms with Gasteiger partial charge in [-0.2, -0.15) is 0 Å². The summed E-state index contributed by atoms with van der Waals surface area (Å²) < 4.78 is 5.39. The lowest BCUT2D eigenvalue weighted by molar-refractivity contribution is 0.245. The van der Waals surface area contributed by atoms with Crippen LogP contribution in [-0.2, 0) is 6.42 Å². The number of guanidine groups is 1. The summed E-state index contributed by atoms with van der Waals surface area (Å²) in [4.78, 5) is 4.83. The molecule has 1 aliphatic carbocycles. The van der Waals surface area contributed by atoms with Gasteiger partial charge in [0.2, 0.25) is 0 Å². The van der Waals surface area contributed by atoms with E-state index in [-0.39, 0.29) is 6.61 Å². The molecule has 1 saturated carbocycles. The van der Waals surface area contributed by atoms with Crippen molar-refractivity contribution < 1.29 is 9.52 Å². The first-order chi connectivity index (χ1) is 12.2. The number of hydrogen-bond acceptors (Lipinski definition) is 3. The largest absolute Gasteiger partial charge is 0.469 e. The fourth-order valence-electron chi connectivity index (χ4n) is 3.53. The molecule has 0 aromatic carbocycles. The maximum absolute atomic E-state index is 9.30. The van der Waals surface area contributed by atoms with Crippen LogP contribution in [0.5, 0.6) is 0 Å². The number of rotatable bonds is 10. The number of aliphatic hydroxyl groups is 1. The molecule has 1 heterocycles. The fraction of sp³-hybridized carbons (Fsp3) is 0.750. The summed E-state index contributed by atoms with van der Waals surface area (Å²) in [5, 5.41) is 16.3. The molecule has 0 spiro atoms. The van der Waals surface area contributed by atoms with Crippen molar-refractivity contribution in [3.63, 3.8) is 0 Å². The quantitative estimate of drug-likeness (QED) is 0.447. The minimum atomic E-state index is 0.240. The molecule has 0 radical (unpaired) electrons. The molecule has 0 saturated heterocycles. The molecule has 5 heteroatoms. The van der Waals surface area contributed by atoms with Crippen LogP contribution < -0.4 is 10.6 Å². The van der Waals surface area contributed by atoms with Gasteiger partial charge in [0.05, 0.1) is 6.26 Å². The number of furan rings is 1. The highest BCUT2D eigenvalue weighted by atomic mass is 16.3. The van der Waals surface area contributed by atoms with Gasteiger partial charge in [0.1, 0.15) is 5.76 Å². The maximum atomic E-state index is 9.30. The highest BCUT2D eigenvalue weighted by molar-refractivity contribution is 5.80. The number of hydrogen-bond donors (Lipinski definition) is 3. The topological polar surface area (TPSA) is 69.8 Å². The Hall–Kier alpha value is -1.49. The lowest BCUT2D eigenvalue weighted by atomic mass is 9.94. The van der Waals surface area contributed by atoms with Gasteiger partial charge >= 0.3 is 0 Å². The zero-order valence-electron chi connectivity index (χ0n) is 15.8. The Morgan fingerprint density at radius 1 is 1.36 bits per heavy atom. The summed E-state index contributed by atoms with van der Waals surface area (Å²) in [6.07, 6.45) is 9.56. The van der Waals surface area contributed by atoms with Crippen molar-refractivity contribution in [3.8, 4) is 0 Å². The van der Waals surface area contributed by atoms with Crippen molar-refractivity contribution in [3.05, 3.63) is 24.2 Å². The Bertz CT molecular complexity index is 479. The molecule has 1 aliphatic rings. The Morgan fingerprint density at radius 3 is 2.80 bits per heavy atom. The van der Waals surface area contributed by atoms with Crippen molar-refractivity contribution in [2.75, 3.05) is 19.7 Å². The van der Waals surface area contributed by atoms with E-state index in [1.54, 1.807) is 6.26 Å². The highest BCUT2D eigenvalue weighted by Gasteiger charge is 2.17. The number of nitrogens with zero attached hydrogens (tertiary/aromatic N) is 1. The summed E-state index contributed by atoms with van der Waals surface area (Å²) in [5.74, 6) is 2.97. The van der Waals surface area contributed by atoms with E-state index in [0.717, 1.165) is 44.1 Å². The first-order valence-electron chi connectivity index (χ1n) is 9.85. The van der Waals surface area contributed by atoms with E-state index in [0.29, 0.717) is 17.9 Å². The first-order valence-corrected chi connectivity index (χ1v) is 9.85. The average molecular weight is 350 g/mol. The van der Waals surface area contributed by atoms with Crippen LogP contribution in [0.15, 0.2) is 27.8 Å². The second-order valence-electron chi connectivity index (χ2n) is 7.58. The van der Waals surface area contributed by atoms with Gasteiger partial charge in [-0.25, -0.2) is 0 Å². The van der Waals surface area contributed by atoms with Crippen molar-refractivity contribution in [1.29, 1.82) is 0 Å². The minimum Gasteiger partial charge on any atom is -0.469 e. The van der Waals surface area contributed by atoms with Crippen LogP contribution in [-0.4, -0.2) is 36.8 Å². The Morgan fingerprint density at radius 2 is 2.16 bits per heavy atom. The summed E-state index contributed by atoms with van der Waals surface area (Å²) in [5.41, 5.74) is 0. The molecule has 25 heavy (non-hydrogen) atoms. The van der Waals surface area contributed by atoms with Crippen molar-refractivity contribution in [2.45, 2.75) is 64.8 Å². The van der Waals surface area contributed by atoms with E-state index < -0.39 is 0 Å². The van der Waals surface area contributed by atoms with E-state index in [2.05, 4.69) is 24.5 Å². The molecule has 1 unspecified atom stereocenters. The molecular weight excluding hydrogens is 314 g/mol. The molecule has 2 rings (SSSR count). The van der Waals surface area contributed by atoms with Crippen LogP contribution in [0.25, 0.3) is 0 Å². The minimum absolute atomic E-state index is 0.240. The van der Waals surface area contributed by atoms with Crippen LogP contribution >= 0.6 is 0 Å². The Labute approximate surface area is 152 Å². The summed E-state index contributed by atoms with van der Waals surface area (Å²) >= 11 is 0. The normalized spacial score (nSPS) is 17.2.